The van der Waals surface area contributed by atoms with Gasteiger partial charge in [0, 0.05) is 18.4 Å². The molecule has 156 valence electrons. The zero-order valence-corrected chi connectivity index (χ0v) is 16.9. The fourth-order valence-corrected chi connectivity index (χ4v) is 4.10. The van der Waals surface area contributed by atoms with E-state index >= 15 is 0 Å². The van der Waals surface area contributed by atoms with Crippen molar-refractivity contribution in [2.75, 3.05) is 20.0 Å². The van der Waals surface area contributed by atoms with Gasteiger partial charge in [-0.25, -0.2) is 0 Å². The second kappa shape index (κ2) is 8.61. The Hall–Kier alpha value is -2.28. The molecule has 6 heteroatoms. The second-order valence-electron chi connectivity index (χ2n) is 7.62. The fraction of sp³-hybridized carbons (Fsp3) is 0.478. The van der Waals surface area contributed by atoms with Crippen LogP contribution in [-0.4, -0.2) is 42.4 Å². The van der Waals surface area contributed by atoms with Gasteiger partial charge >= 0.3 is 0 Å². The quantitative estimate of drug-likeness (QED) is 0.775. The van der Waals surface area contributed by atoms with Crippen molar-refractivity contribution in [2.45, 2.75) is 51.4 Å². The van der Waals surface area contributed by atoms with Crippen molar-refractivity contribution < 1.29 is 29.2 Å². The minimum absolute atomic E-state index is 0.113. The molecule has 0 aromatic heterocycles. The number of rotatable bonds is 6. The SMILES string of the molecule is CCOc1ccc(Cc2cc(C3CC(O)CC(CO)O3)c3c(c2C)OCO3)cc1. The predicted octanol–water partition coefficient (Wildman–Crippen LogP) is 3.29. The molecule has 2 aliphatic rings. The fourth-order valence-electron chi connectivity index (χ4n) is 4.10. The van der Waals surface area contributed by atoms with Crippen molar-refractivity contribution in [3.8, 4) is 17.2 Å². The van der Waals surface area contributed by atoms with Crippen molar-refractivity contribution >= 4 is 0 Å². The van der Waals surface area contributed by atoms with E-state index in [4.69, 9.17) is 18.9 Å². The molecule has 1 fully saturated rings. The molecule has 0 saturated carbocycles. The van der Waals surface area contributed by atoms with Crippen LogP contribution in [-0.2, 0) is 11.2 Å². The number of ether oxygens (including phenoxy) is 4. The maximum atomic E-state index is 10.2. The lowest BCUT2D eigenvalue weighted by atomic mass is 9.90. The number of aliphatic hydroxyl groups is 2. The van der Waals surface area contributed by atoms with Crippen LogP contribution in [0.4, 0.5) is 0 Å². The summed E-state index contributed by atoms with van der Waals surface area (Å²) in [5.41, 5.74) is 4.21. The van der Waals surface area contributed by atoms with E-state index in [-0.39, 0.29) is 25.6 Å². The van der Waals surface area contributed by atoms with Crippen LogP contribution in [0, 0.1) is 6.92 Å². The number of hydrogen-bond donors (Lipinski definition) is 2. The van der Waals surface area contributed by atoms with Crippen LogP contribution in [0.1, 0.15) is 48.1 Å². The Morgan fingerprint density at radius 2 is 1.86 bits per heavy atom. The van der Waals surface area contributed by atoms with E-state index in [2.05, 4.69) is 18.2 Å². The number of aliphatic hydroxyl groups excluding tert-OH is 2. The first kappa shape index (κ1) is 20.0. The van der Waals surface area contributed by atoms with Gasteiger partial charge in [0.05, 0.1) is 31.5 Å². The van der Waals surface area contributed by atoms with Gasteiger partial charge in [0.15, 0.2) is 11.5 Å². The molecule has 2 heterocycles. The molecule has 0 amide bonds. The van der Waals surface area contributed by atoms with Crippen molar-refractivity contribution in [3.63, 3.8) is 0 Å². The van der Waals surface area contributed by atoms with Gasteiger partial charge in [0.1, 0.15) is 5.75 Å². The minimum Gasteiger partial charge on any atom is -0.494 e. The van der Waals surface area contributed by atoms with E-state index in [1.54, 1.807) is 0 Å². The van der Waals surface area contributed by atoms with E-state index in [0.29, 0.717) is 25.2 Å². The molecule has 0 bridgehead atoms. The zero-order chi connectivity index (χ0) is 20.4. The first-order valence-electron chi connectivity index (χ1n) is 10.2. The molecule has 2 N–H and O–H groups in total. The smallest absolute Gasteiger partial charge is 0.231 e. The number of benzene rings is 2. The largest absolute Gasteiger partial charge is 0.494 e. The summed E-state index contributed by atoms with van der Waals surface area (Å²) in [7, 11) is 0. The highest BCUT2D eigenvalue weighted by Crippen LogP contribution is 2.46. The van der Waals surface area contributed by atoms with Crippen molar-refractivity contribution in [1.29, 1.82) is 0 Å². The van der Waals surface area contributed by atoms with Crippen LogP contribution >= 0.6 is 0 Å². The van der Waals surface area contributed by atoms with E-state index in [1.165, 1.54) is 5.56 Å². The van der Waals surface area contributed by atoms with Crippen LogP contribution in [0.5, 0.6) is 17.2 Å². The van der Waals surface area contributed by atoms with Gasteiger partial charge in [-0.05, 0) is 55.2 Å². The third kappa shape index (κ3) is 4.20. The van der Waals surface area contributed by atoms with Gasteiger partial charge in [-0.15, -0.1) is 0 Å². The second-order valence-corrected chi connectivity index (χ2v) is 7.62. The van der Waals surface area contributed by atoms with Crippen molar-refractivity contribution in [1.82, 2.24) is 0 Å². The summed E-state index contributed by atoms with van der Waals surface area (Å²) in [4.78, 5) is 0. The molecule has 3 atom stereocenters. The van der Waals surface area contributed by atoms with E-state index in [0.717, 1.165) is 34.6 Å². The summed E-state index contributed by atoms with van der Waals surface area (Å²) in [5.74, 6) is 2.29. The van der Waals surface area contributed by atoms with Crippen LogP contribution in [0.2, 0.25) is 0 Å². The predicted molar refractivity (Wildman–Crippen MR) is 108 cm³/mol. The molecule has 0 aliphatic carbocycles. The Balaban J connectivity index is 1.65. The van der Waals surface area contributed by atoms with Gasteiger partial charge in [0.2, 0.25) is 6.79 Å². The zero-order valence-electron chi connectivity index (χ0n) is 16.9. The lowest BCUT2D eigenvalue weighted by Gasteiger charge is -2.33. The summed E-state index contributed by atoms with van der Waals surface area (Å²) in [6.45, 7) is 4.71. The maximum absolute atomic E-state index is 10.2. The Labute approximate surface area is 171 Å². The monoisotopic (exact) mass is 400 g/mol. The average molecular weight is 400 g/mol. The Kier molecular flexibility index (Phi) is 5.94. The van der Waals surface area contributed by atoms with E-state index < -0.39 is 6.10 Å². The molecule has 29 heavy (non-hydrogen) atoms. The molecule has 1 saturated heterocycles. The van der Waals surface area contributed by atoms with Gasteiger partial charge in [-0.3, -0.25) is 0 Å². The van der Waals surface area contributed by atoms with Crippen molar-refractivity contribution in [2.24, 2.45) is 0 Å². The van der Waals surface area contributed by atoms with Gasteiger partial charge in [0.25, 0.3) is 0 Å². The first-order valence-corrected chi connectivity index (χ1v) is 10.2. The van der Waals surface area contributed by atoms with Gasteiger partial charge < -0.3 is 29.2 Å². The van der Waals surface area contributed by atoms with Crippen LogP contribution in [0.3, 0.4) is 0 Å². The molecular weight excluding hydrogens is 372 g/mol. The molecule has 2 aliphatic heterocycles. The third-order valence-electron chi connectivity index (χ3n) is 5.58. The molecule has 2 aromatic rings. The highest BCUT2D eigenvalue weighted by atomic mass is 16.7. The minimum atomic E-state index is -0.514. The molecule has 4 rings (SSSR count). The van der Waals surface area contributed by atoms with Gasteiger partial charge in [-0.2, -0.15) is 0 Å². The van der Waals surface area contributed by atoms with Crippen LogP contribution < -0.4 is 14.2 Å². The highest BCUT2D eigenvalue weighted by molar-refractivity contribution is 5.58. The summed E-state index contributed by atoms with van der Waals surface area (Å²) in [5, 5.41) is 19.8. The topological polar surface area (TPSA) is 77.4 Å². The lowest BCUT2D eigenvalue weighted by Crippen LogP contribution is -2.33. The van der Waals surface area contributed by atoms with Crippen LogP contribution in [0.25, 0.3) is 0 Å². The van der Waals surface area contributed by atoms with Crippen molar-refractivity contribution in [3.05, 3.63) is 52.6 Å². The molecule has 3 unspecified atom stereocenters. The van der Waals surface area contributed by atoms with Gasteiger partial charge in [-0.1, -0.05) is 12.1 Å². The molecule has 0 radical (unpaired) electrons. The summed E-state index contributed by atoms with van der Waals surface area (Å²) < 4.78 is 23.1. The Bertz CT molecular complexity index is 847. The lowest BCUT2D eigenvalue weighted by molar-refractivity contribution is -0.114. The number of fused-ring (bicyclic) bond motifs is 1. The normalized spacial score (nSPS) is 23.2. The third-order valence-corrected chi connectivity index (χ3v) is 5.58. The number of hydrogen-bond acceptors (Lipinski definition) is 6. The Morgan fingerprint density at radius 3 is 2.59 bits per heavy atom. The summed E-state index contributed by atoms with van der Waals surface area (Å²) >= 11 is 0. The van der Waals surface area contributed by atoms with Crippen LogP contribution in [0.15, 0.2) is 30.3 Å². The molecule has 2 aromatic carbocycles. The summed E-state index contributed by atoms with van der Waals surface area (Å²) in [6.07, 6.45) is 0.416. The molecule has 6 nitrogen and oxygen atoms in total. The standard InChI is InChI=1S/C23H28O6/c1-3-26-18-6-4-15(5-7-18)8-16-9-20(23-22(14(16)2)27-13-28-23)21-11-17(25)10-19(12-24)29-21/h4-7,9,17,19,21,24-25H,3,8,10-13H2,1-2H3. The maximum Gasteiger partial charge on any atom is 0.231 e. The first-order chi connectivity index (χ1) is 14.1. The Morgan fingerprint density at radius 1 is 1.10 bits per heavy atom. The highest BCUT2D eigenvalue weighted by Gasteiger charge is 2.34. The molecule has 0 spiro atoms. The summed E-state index contributed by atoms with van der Waals surface area (Å²) in [6, 6.07) is 10.2. The molecular formula is C23H28O6. The average Bonchev–Trinajstić information content (AvgIpc) is 3.21. The van der Waals surface area contributed by atoms with E-state index in [9.17, 15) is 10.2 Å². The van der Waals surface area contributed by atoms with E-state index in [1.807, 2.05) is 26.0 Å².